The highest BCUT2D eigenvalue weighted by Gasteiger charge is 2.30. The van der Waals surface area contributed by atoms with Crippen molar-refractivity contribution in [2.75, 3.05) is 33.3 Å². The Bertz CT molecular complexity index is 707. The predicted octanol–water partition coefficient (Wildman–Crippen LogP) is 1.04. The maximum absolute atomic E-state index is 12.7. The van der Waals surface area contributed by atoms with Gasteiger partial charge < -0.3 is 9.64 Å². The fourth-order valence-corrected chi connectivity index (χ4v) is 4.12. The summed E-state index contributed by atoms with van der Waals surface area (Å²) in [5.74, 6) is -0.583. The molecule has 0 aromatic heterocycles. The molecule has 7 nitrogen and oxygen atoms in total. The van der Waals surface area contributed by atoms with Gasteiger partial charge in [0.1, 0.15) is 0 Å². The van der Waals surface area contributed by atoms with E-state index < -0.39 is 16.0 Å². The van der Waals surface area contributed by atoms with E-state index in [9.17, 15) is 18.0 Å². The van der Waals surface area contributed by atoms with Gasteiger partial charge in [-0.25, -0.2) is 8.42 Å². The first kappa shape index (κ1) is 19.4. The van der Waals surface area contributed by atoms with E-state index >= 15 is 0 Å². The molecule has 0 radical (unpaired) electrons. The molecule has 1 amide bonds. The van der Waals surface area contributed by atoms with E-state index in [2.05, 4.69) is 4.74 Å². The second-order valence-electron chi connectivity index (χ2n) is 5.86. The molecule has 1 aliphatic rings. The van der Waals surface area contributed by atoms with Gasteiger partial charge in [-0.1, -0.05) is 19.1 Å². The third-order valence-electron chi connectivity index (χ3n) is 4.33. The van der Waals surface area contributed by atoms with Crippen molar-refractivity contribution in [1.29, 1.82) is 0 Å². The summed E-state index contributed by atoms with van der Waals surface area (Å²) in [6.45, 7) is 3.17. The summed E-state index contributed by atoms with van der Waals surface area (Å²) < 4.78 is 31.3. The first-order chi connectivity index (χ1) is 11.9. The molecule has 25 heavy (non-hydrogen) atoms. The van der Waals surface area contributed by atoms with E-state index in [-0.39, 0.29) is 36.7 Å². The topological polar surface area (TPSA) is 84.0 Å². The van der Waals surface area contributed by atoms with Gasteiger partial charge in [-0.15, -0.1) is 0 Å². The molecule has 0 saturated carbocycles. The van der Waals surface area contributed by atoms with Gasteiger partial charge in [-0.3, -0.25) is 9.59 Å². The van der Waals surface area contributed by atoms with Crippen LogP contribution in [0.15, 0.2) is 29.2 Å². The highest BCUT2D eigenvalue weighted by molar-refractivity contribution is 7.89. The minimum atomic E-state index is -3.54. The van der Waals surface area contributed by atoms with Crippen LogP contribution in [-0.2, 0) is 30.8 Å². The van der Waals surface area contributed by atoms with Crippen LogP contribution in [0.3, 0.4) is 0 Å². The van der Waals surface area contributed by atoms with Gasteiger partial charge in [-0.2, -0.15) is 4.31 Å². The van der Waals surface area contributed by atoms with Crippen LogP contribution in [0.4, 0.5) is 0 Å². The van der Waals surface area contributed by atoms with Gasteiger partial charge >= 0.3 is 5.97 Å². The molecule has 8 heteroatoms. The lowest BCUT2D eigenvalue weighted by Crippen LogP contribution is -2.50. The fraction of sp³-hybridized carbons (Fsp3) is 0.529. The lowest BCUT2D eigenvalue weighted by Gasteiger charge is -2.34. The third-order valence-corrected chi connectivity index (χ3v) is 6.24. The Labute approximate surface area is 148 Å². The van der Waals surface area contributed by atoms with Crippen molar-refractivity contribution in [3.05, 3.63) is 29.8 Å². The minimum Gasteiger partial charge on any atom is -0.469 e. The van der Waals surface area contributed by atoms with E-state index in [1.165, 1.54) is 11.4 Å². The molecule has 1 fully saturated rings. The van der Waals surface area contributed by atoms with Crippen molar-refractivity contribution in [3.8, 4) is 0 Å². The molecule has 0 spiro atoms. The van der Waals surface area contributed by atoms with Gasteiger partial charge in [0.05, 0.1) is 18.4 Å². The van der Waals surface area contributed by atoms with E-state index in [1.54, 1.807) is 17.0 Å². The Hall–Kier alpha value is -1.93. The molecular formula is C17H24N2O5S. The van der Waals surface area contributed by atoms with Gasteiger partial charge in [0.2, 0.25) is 15.9 Å². The number of methoxy groups -OCH3 is 1. The number of hydrogen-bond donors (Lipinski definition) is 0. The summed E-state index contributed by atoms with van der Waals surface area (Å²) in [6, 6.07) is 6.89. The number of piperazine rings is 1. The number of sulfonamides is 1. The summed E-state index contributed by atoms with van der Waals surface area (Å²) in [5, 5.41) is 0. The van der Waals surface area contributed by atoms with Crippen molar-refractivity contribution in [3.63, 3.8) is 0 Å². The summed E-state index contributed by atoms with van der Waals surface area (Å²) in [5.41, 5.74) is 1.08. The summed E-state index contributed by atoms with van der Waals surface area (Å²) in [7, 11) is -2.26. The van der Waals surface area contributed by atoms with Crippen molar-refractivity contribution in [2.45, 2.75) is 31.1 Å². The van der Waals surface area contributed by atoms with Crippen molar-refractivity contribution in [1.82, 2.24) is 9.21 Å². The molecule has 138 valence electrons. The number of carbonyl (C=O) groups excluding carboxylic acids is 2. The van der Waals surface area contributed by atoms with Crippen LogP contribution in [-0.4, -0.2) is 62.8 Å². The van der Waals surface area contributed by atoms with Gasteiger partial charge in [0, 0.05) is 32.6 Å². The van der Waals surface area contributed by atoms with Crippen molar-refractivity contribution < 1.29 is 22.7 Å². The van der Waals surface area contributed by atoms with Crippen LogP contribution in [0.2, 0.25) is 0 Å². The lowest BCUT2D eigenvalue weighted by molar-refractivity contribution is -0.143. The maximum Gasteiger partial charge on any atom is 0.306 e. The summed E-state index contributed by atoms with van der Waals surface area (Å²) in [6.07, 6.45) is 0.974. The van der Waals surface area contributed by atoms with Gasteiger partial charge in [0.15, 0.2) is 0 Å². The number of rotatable bonds is 6. The Morgan fingerprint density at radius 2 is 1.64 bits per heavy atom. The first-order valence-corrected chi connectivity index (χ1v) is 9.76. The van der Waals surface area contributed by atoms with Crippen LogP contribution < -0.4 is 0 Å². The second-order valence-corrected chi connectivity index (χ2v) is 7.80. The van der Waals surface area contributed by atoms with Crippen LogP contribution in [0.5, 0.6) is 0 Å². The maximum atomic E-state index is 12.7. The molecule has 0 aliphatic carbocycles. The summed E-state index contributed by atoms with van der Waals surface area (Å²) >= 11 is 0. The highest BCUT2D eigenvalue weighted by Crippen LogP contribution is 2.19. The average molecular weight is 368 g/mol. The van der Waals surface area contributed by atoms with Gasteiger partial charge in [-0.05, 0) is 24.1 Å². The number of amides is 1. The molecule has 0 atom stereocenters. The van der Waals surface area contributed by atoms with Crippen molar-refractivity contribution >= 4 is 21.9 Å². The molecular weight excluding hydrogens is 344 g/mol. The summed E-state index contributed by atoms with van der Waals surface area (Å²) in [4.78, 5) is 25.0. The minimum absolute atomic E-state index is 0.0393. The molecule has 1 aromatic carbocycles. The number of benzene rings is 1. The van der Waals surface area contributed by atoms with Gasteiger partial charge in [0.25, 0.3) is 0 Å². The van der Waals surface area contributed by atoms with E-state index in [0.29, 0.717) is 13.1 Å². The van der Waals surface area contributed by atoms with Crippen LogP contribution in [0.25, 0.3) is 0 Å². The number of carbonyl (C=O) groups is 2. The number of ether oxygens (including phenoxy) is 1. The van der Waals surface area contributed by atoms with E-state index in [1.807, 2.05) is 19.1 Å². The normalized spacial score (nSPS) is 15.8. The Balaban J connectivity index is 1.94. The number of nitrogens with zero attached hydrogens (tertiary/aromatic N) is 2. The highest BCUT2D eigenvalue weighted by atomic mass is 32.2. The molecule has 1 heterocycles. The zero-order valence-electron chi connectivity index (χ0n) is 14.6. The van der Waals surface area contributed by atoms with Crippen LogP contribution in [0.1, 0.15) is 25.3 Å². The molecule has 1 aliphatic heterocycles. The zero-order chi connectivity index (χ0) is 18.4. The number of hydrogen-bond acceptors (Lipinski definition) is 5. The van der Waals surface area contributed by atoms with Crippen LogP contribution >= 0.6 is 0 Å². The van der Waals surface area contributed by atoms with Crippen molar-refractivity contribution in [2.24, 2.45) is 0 Å². The number of esters is 1. The molecule has 0 bridgehead atoms. The smallest absolute Gasteiger partial charge is 0.306 e. The largest absolute Gasteiger partial charge is 0.469 e. The first-order valence-electron chi connectivity index (χ1n) is 8.32. The molecule has 1 saturated heterocycles. The second kappa shape index (κ2) is 8.44. The van der Waals surface area contributed by atoms with E-state index in [0.717, 1.165) is 12.0 Å². The lowest BCUT2D eigenvalue weighted by atomic mass is 10.2. The molecule has 2 rings (SSSR count). The van der Waals surface area contributed by atoms with Crippen LogP contribution in [0, 0.1) is 0 Å². The molecule has 1 aromatic rings. The fourth-order valence-electron chi connectivity index (χ4n) is 2.69. The average Bonchev–Trinajstić information content (AvgIpc) is 2.65. The Morgan fingerprint density at radius 1 is 1.04 bits per heavy atom. The Morgan fingerprint density at radius 3 is 2.16 bits per heavy atom. The number of aryl methyl sites for hydroxylation is 1. The molecule has 0 N–H and O–H groups in total. The zero-order valence-corrected chi connectivity index (χ0v) is 15.4. The standard InChI is InChI=1S/C17H24N2O5S/c1-3-14-4-6-15(7-5-14)25(22,23)19-12-10-18(11-13-19)16(20)8-9-17(21)24-2/h4-7H,3,8-13H2,1-2H3. The van der Waals surface area contributed by atoms with E-state index in [4.69, 9.17) is 0 Å². The third kappa shape index (κ3) is 4.79. The molecule has 0 unspecified atom stereocenters. The quantitative estimate of drug-likeness (QED) is 0.701. The SMILES string of the molecule is CCc1ccc(S(=O)(=O)N2CCN(C(=O)CCC(=O)OC)CC2)cc1. The Kier molecular flexibility index (Phi) is 6.55. The monoisotopic (exact) mass is 368 g/mol. The predicted molar refractivity (Wildman–Crippen MR) is 92.4 cm³/mol.